The number of aromatic nitrogens is 3. The van der Waals surface area contributed by atoms with E-state index in [9.17, 15) is 9.90 Å². The summed E-state index contributed by atoms with van der Waals surface area (Å²) in [5.41, 5.74) is 4.88. The molecule has 0 fully saturated rings. The van der Waals surface area contributed by atoms with Gasteiger partial charge in [-0.05, 0) is 24.6 Å². The molecular weight excluding hydrogens is 346 g/mol. The molecular formula is C20H19N3O2S. The van der Waals surface area contributed by atoms with E-state index < -0.39 is 6.10 Å². The average Bonchev–Trinajstić information content (AvgIpc) is 3.18. The van der Waals surface area contributed by atoms with Crippen LogP contribution >= 0.6 is 11.3 Å². The summed E-state index contributed by atoms with van der Waals surface area (Å²) in [7, 11) is 0. The third-order valence-corrected chi connectivity index (χ3v) is 5.18. The zero-order chi connectivity index (χ0) is 18.1. The Morgan fingerprint density at radius 2 is 2.04 bits per heavy atom. The molecule has 1 atom stereocenters. The third kappa shape index (κ3) is 3.34. The first-order valence-electron chi connectivity index (χ1n) is 8.49. The Labute approximate surface area is 154 Å². The Kier molecular flexibility index (Phi) is 4.44. The highest BCUT2D eigenvalue weighted by atomic mass is 32.1. The molecule has 132 valence electrons. The Bertz CT molecular complexity index is 1090. The van der Waals surface area contributed by atoms with Crippen LogP contribution in [0.5, 0.6) is 0 Å². The maximum Gasteiger partial charge on any atom is 0.305 e. The lowest BCUT2D eigenvalue weighted by atomic mass is 10.1. The second kappa shape index (κ2) is 6.90. The Hall–Kier alpha value is -2.70. The van der Waals surface area contributed by atoms with Gasteiger partial charge in [-0.1, -0.05) is 47.7 Å². The van der Waals surface area contributed by atoms with Crippen molar-refractivity contribution in [3.05, 3.63) is 75.8 Å². The number of rotatable bonds is 5. The van der Waals surface area contributed by atoms with Gasteiger partial charge in [0.2, 0.25) is 0 Å². The number of thiazole rings is 1. The van der Waals surface area contributed by atoms with Crippen LogP contribution in [0.15, 0.2) is 59.7 Å². The van der Waals surface area contributed by atoms with Crippen LogP contribution in [0.4, 0.5) is 0 Å². The van der Waals surface area contributed by atoms with E-state index >= 15 is 0 Å². The van der Waals surface area contributed by atoms with Crippen molar-refractivity contribution in [2.24, 2.45) is 0 Å². The highest BCUT2D eigenvalue weighted by molar-refractivity contribution is 7.16. The van der Waals surface area contributed by atoms with E-state index in [4.69, 9.17) is 0 Å². The molecule has 2 aromatic carbocycles. The summed E-state index contributed by atoms with van der Waals surface area (Å²) in [4.78, 5) is 18.9. The molecule has 0 radical (unpaired) electrons. The van der Waals surface area contributed by atoms with Crippen LogP contribution in [0.2, 0.25) is 0 Å². The van der Waals surface area contributed by atoms with Crippen molar-refractivity contribution < 1.29 is 5.11 Å². The first-order valence-corrected chi connectivity index (χ1v) is 9.31. The second-order valence-corrected chi connectivity index (χ2v) is 7.45. The number of aromatic amines is 1. The Morgan fingerprint density at radius 3 is 2.81 bits per heavy atom. The molecule has 1 unspecified atom stereocenters. The lowest BCUT2D eigenvalue weighted by molar-refractivity contribution is 0.193. The minimum absolute atomic E-state index is 0.0408. The number of fused-ring (bicyclic) bond motifs is 1. The van der Waals surface area contributed by atoms with Crippen molar-refractivity contribution >= 4 is 21.6 Å². The number of benzene rings is 2. The molecule has 0 saturated heterocycles. The van der Waals surface area contributed by atoms with Gasteiger partial charge in [0.1, 0.15) is 0 Å². The zero-order valence-corrected chi connectivity index (χ0v) is 15.2. The number of nitrogens with zero attached hydrogens (tertiary/aromatic N) is 2. The standard InChI is InChI=1S/C20H19N3O2S/c1-13(24)9-17-19(15-5-3-2-4-6-15)21-12-23(17)11-14-7-8-18-16(10-14)22-20(25)26-18/h2-8,10,12-13,24H,9,11H2,1H3,(H,22,25). The maximum atomic E-state index is 11.5. The number of hydrogen-bond donors (Lipinski definition) is 2. The van der Waals surface area contributed by atoms with E-state index in [2.05, 4.69) is 14.5 Å². The van der Waals surface area contributed by atoms with Gasteiger partial charge in [-0.3, -0.25) is 4.79 Å². The van der Waals surface area contributed by atoms with Gasteiger partial charge in [0.25, 0.3) is 0 Å². The van der Waals surface area contributed by atoms with Crippen molar-refractivity contribution in [1.29, 1.82) is 0 Å². The molecule has 0 bridgehead atoms. The molecule has 5 nitrogen and oxygen atoms in total. The molecule has 2 N–H and O–H groups in total. The minimum Gasteiger partial charge on any atom is -0.393 e. The fourth-order valence-electron chi connectivity index (χ4n) is 3.17. The zero-order valence-electron chi connectivity index (χ0n) is 14.3. The minimum atomic E-state index is -0.455. The van der Waals surface area contributed by atoms with Crippen molar-refractivity contribution in [1.82, 2.24) is 14.5 Å². The van der Waals surface area contributed by atoms with Crippen LogP contribution in [-0.2, 0) is 13.0 Å². The quantitative estimate of drug-likeness (QED) is 0.569. The van der Waals surface area contributed by atoms with Crippen LogP contribution in [-0.4, -0.2) is 25.7 Å². The monoisotopic (exact) mass is 365 g/mol. The summed E-state index contributed by atoms with van der Waals surface area (Å²) in [6.45, 7) is 2.42. The average molecular weight is 365 g/mol. The van der Waals surface area contributed by atoms with Gasteiger partial charge >= 0.3 is 4.87 Å². The van der Waals surface area contributed by atoms with Gasteiger partial charge in [-0.25, -0.2) is 4.98 Å². The molecule has 0 amide bonds. The normalized spacial score (nSPS) is 12.5. The van der Waals surface area contributed by atoms with Gasteiger partial charge in [0, 0.05) is 24.2 Å². The van der Waals surface area contributed by atoms with E-state index in [1.165, 1.54) is 11.3 Å². The largest absolute Gasteiger partial charge is 0.393 e. The van der Waals surface area contributed by atoms with Crippen LogP contribution in [0.3, 0.4) is 0 Å². The summed E-state index contributed by atoms with van der Waals surface area (Å²) in [5.74, 6) is 0. The Balaban J connectivity index is 1.72. The van der Waals surface area contributed by atoms with E-state index in [1.807, 2.05) is 54.9 Å². The van der Waals surface area contributed by atoms with Crippen molar-refractivity contribution in [2.45, 2.75) is 26.0 Å². The molecule has 2 aromatic heterocycles. The molecule has 4 aromatic rings. The highest BCUT2D eigenvalue weighted by Crippen LogP contribution is 2.25. The van der Waals surface area contributed by atoms with Crippen molar-refractivity contribution in [2.75, 3.05) is 0 Å². The van der Waals surface area contributed by atoms with E-state index in [1.54, 1.807) is 6.92 Å². The fourth-order valence-corrected chi connectivity index (χ4v) is 3.89. The van der Waals surface area contributed by atoms with E-state index in [0.717, 1.165) is 32.7 Å². The van der Waals surface area contributed by atoms with Gasteiger partial charge in [0.15, 0.2) is 0 Å². The Morgan fingerprint density at radius 1 is 1.23 bits per heavy atom. The van der Waals surface area contributed by atoms with Crippen LogP contribution < -0.4 is 4.87 Å². The van der Waals surface area contributed by atoms with E-state index in [-0.39, 0.29) is 4.87 Å². The molecule has 26 heavy (non-hydrogen) atoms. The first kappa shape index (κ1) is 16.8. The van der Waals surface area contributed by atoms with Crippen LogP contribution in [0.1, 0.15) is 18.2 Å². The van der Waals surface area contributed by atoms with E-state index in [0.29, 0.717) is 13.0 Å². The van der Waals surface area contributed by atoms with Crippen molar-refractivity contribution in [3.63, 3.8) is 0 Å². The third-order valence-electron chi connectivity index (χ3n) is 4.32. The maximum absolute atomic E-state index is 11.5. The highest BCUT2D eigenvalue weighted by Gasteiger charge is 2.15. The van der Waals surface area contributed by atoms with Gasteiger partial charge in [-0.2, -0.15) is 0 Å². The summed E-state index contributed by atoms with van der Waals surface area (Å²) in [6, 6.07) is 16.0. The fraction of sp³-hybridized carbons (Fsp3) is 0.200. The molecule has 2 heterocycles. The lowest BCUT2D eigenvalue weighted by Gasteiger charge is -2.12. The SMILES string of the molecule is CC(O)Cc1c(-c2ccccc2)ncn1Cc1ccc2sc(=O)[nH]c2c1. The molecule has 0 aliphatic carbocycles. The van der Waals surface area contributed by atoms with Gasteiger partial charge in [-0.15, -0.1) is 0 Å². The molecule has 4 rings (SSSR count). The summed E-state index contributed by atoms with van der Waals surface area (Å²) in [6.07, 6.45) is 1.89. The van der Waals surface area contributed by atoms with Crippen LogP contribution in [0, 0.1) is 0 Å². The number of aliphatic hydroxyl groups excluding tert-OH is 1. The topological polar surface area (TPSA) is 70.9 Å². The number of H-pyrrole nitrogens is 1. The summed E-state index contributed by atoms with van der Waals surface area (Å²) >= 11 is 1.22. The van der Waals surface area contributed by atoms with Gasteiger partial charge < -0.3 is 14.7 Å². The predicted molar refractivity (Wildman–Crippen MR) is 105 cm³/mol. The molecule has 0 saturated carbocycles. The number of nitrogens with one attached hydrogen (secondary N) is 1. The molecule has 6 heteroatoms. The molecule has 0 aliphatic rings. The number of aliphatic hydroxyl groups is 1. The van der Waals surface area contributed by atoms with Gasteiger partial charge in [0.05, 0.1) is 28.3 Å². The molecule has 0 aliphatic heterocycles. The molecule has 0 spiro atoms. The lowest BCUT2D eigenvalue weighted by Crippen LogP contribution is -2.11. The smallest absolute Gasteiger partial charge is 0.305 e. The van der Waals surface area contributed by atoms with Crippen LogP contribution in [0.25, 0.3) is 21.5 Å². The first-order chi connectivity index (χ1) is 12.6. The number of hydrogen-bond acceptors (Lipinski definition) is 4. The summed E-state index contributed by atoms with van der Waals surface area (Å²) < 4.78 is 3.03. The summed E-state index contributed by atoms with van der Waals surface area (Å²) in [5, 5.41) is 9.95. The number of imidazole rings is 1. The van der Waals surface area contributed by atoms with Crippen molar-refractivity contribution in [3.8, 4) is 11.3 Å². The second-order valence-electron chi connectivity index (χ2n) is 6.43. The predicted octanol–water partition coefficient (Wildman–Crippen LogP) is 3.42.